The van der Waals surface area contributed by atoms with Crippen LogP contribution in [0.5, 0.6) is 0 Å². The first kappa shape index (κ1) is 10.8. The normalized spacial score (nSPS) is 8.83. The lowest BCUT2D eigenvalue weighted by molar-refractivity contribution is 0.0590. The average Bonchev–Trinajstić information content (AvgIpc) is 2.32. The molecule has 0 aromatic carbocycles. The number of rotatable bonds is 1. The number of methoxy groups -OCH3 is 1. The molecule has 0 aliphatic carbocycles. The zero-order chi connectivity index (χ0) is 8.43. The van der Waals surface area contributed by atoms with Crippen molar-refractivity contribution in [3.63, 3.8) is 0 Å². The minimum atomic E-state index is -0.371. The number of carbonyl (C=O) groups excluding carboxylic acids is 1. The first-order valence-electron chi connectivity index (χ1n) is 3.16. The van der Waals surface area contributed by atoms with E-state index < -0.39 is 0 Å². The van der Waals surface area contributed by atoms with E-state index in [0.29, 0.717) is 11.5 Å². The Hall–Kier alpha value is -1.16. The fourth-order valence-corrected chi connectivity index (χ4v) is 0.837. The highest BCUT2D eigenvalue weighted by molar-refractivity contribution is 5.88. The van der Waals surface area contributed by atoms with Crippen LogP contribution >= 0.6 is 12.4 Å². The molecule has 68 valence electrons. The Bertz CT molecular complexity index is 283. The van der Waals surface area contributed by atoms with Crippen molar-refractivity contribution in [1.82, 2.24) is 4.57 Å². The van der Waals surface area contributed by atoms with Gasteiger partial charge in [-0.25, -0.2) is 4.79 Å². The Kier molecular flexibility index (Phi) is 3.63. The highest BCUT2D eigenvalue weighted by atomic mass is 35.5. The molecule has 1 aromatic heterocycles. The van der Waals surface area contributed by atoms with Gasteiger partial charge in [0.25, 0.3) is 0 Å². The average molecular weight is 191 g/mol. The number of hydrogen-bond acceptors (Lipinski definition) is 3. The number of hydrogen-bond donors (Lipinski definition) is 1. The predicted octanol–water partition coefficient (Wildman–Crippen LogP) is 0.816. The molecule has 0 bridgehead atoms. The van der Waals surface area contributed by atoms with Crippen LogP contribution in [0.3, 0.4) is 0 Å². The van der Waals surface area contributed by atoms with Crippen molar-refractivity contribution in [2.45, 2.75) is 0 Å². The molecule has 0 aliphatic rings. The van der Waals surface area contributed by atoms with Crippen molar-refractivity contribution in [3.8, 4) is 0 Å². The fraction of sp³-hybridized carbons (Fsp3) is 0.286. The lowest BCUT2D eigenvalue weighted by Crippen LogP contribution is -2.08. The Labute approximate surface area is 76.7 Å². The molecule has 0 unspecified atom stereocenters. The predicted molar refractivity (Wildman–Crippen MR) is 48.4 cm³/mol. The molecular weight excluding hydrogens is 180 g/mol. The van der Waals surface area contributed by atoms with E-state index in [9.17, 15) is 4.79 Å². The van der Waals surface area contributed by atoms with E-state index in [0.717, 1.165) is 0 Å². The lowest BCUT2D eigenvalue weighted by Gasteiger charge is -2.01. The van der Waals surface area contributed by atoms with Crippen molar-refractivity contribution < 1.29 is 9.53 Å². The maximum Gasteiger partial charge on any atom is 0.354 e. The van der Waals surface area contributed by atoms with Gasteiger partial charge in [0.2, 0.25) is 0 Å². The standard InChI is InChI=1S/C7H10N2O2.ClH/c1-9-5(7(10)11-2)3-4-6(9)8;/h3-4H,8H2,1-2H3;1H. The van der Waals surface area contributed by atoms with Crippen LogP contribution in [0.4, 0.5) is 5.82 Å². The highest BCUT2D eigenvalue weighted by Gasteiger charge is 2.09. The van der Waals surface area contributed by atoms with Gasteiger partial charge in [-0.1, -0.05) is 0 Å². The summed E-state index contributed by atoms with van der Waals surface area (Å²) in [5, 5.41) is 0. The molecule has 1 aromatic rings. The Morgan fingerprint density at radius 1 is 1.58 bits per heavy atom. The molecule has 0 aliphatic heterocycles. The molecule has 0 fully saturated rings. The van der Waals surface area contributed by atoms with E-state index in [1.54, 1.807) is 23.7 Å². The van der Waals surface area contributed by atoms with Crippen LogP contribution in [-0.2, 0) is 11.8 Å². The summed E-state index contributed by atoms with van der Waals surface area (Å²) in [5.41, 5.74) is 5.95. The SMILES string of the molecule is COC(=O)c1ccc(N)n1C.Cl. The molecule has 0 saturated heterocycles. The minimum Gasteiger partial charge on any atom is -0.464 e. The summed E-state index contributed by atoms with van der Waals surface area (Å²) < 4.78 is 6.09. The van der Waals surface area contributed by atoms with Crippen LogP contribution < -0.4 is 5.73 Å². The van der Waals surface area contributed by atoms with Crippen LogP contribution in [0, 0.1) is 0 Å². The van der Waals surface area contributed by atoms with Gasteiger partial charge in [-0.05, 0) is 12.1 Å². The molecule has 0 amide bonds. The molecule has 0 spiro atoms. The number of nitrogen functional groups attached to an aromatic ring is 1. The summed E-state index contributed by atoms with van der Waals surface area (Å²) in [4.78, 5) is 10.9. The fourth-order valence-electron chi connectivity index (χ4n) is 0.837. The zero-order valence-corrected chi connectivity index (χ0v) is 7.72. The third kappa shape index (κ3) is 1.71. The van der Waals surface area contributed by atoms with Crippen molar-refractivity contribution in [3.05, 3.63) is 17.8 Å². The number of halogens is 1. The van der Waals surface area contributed by atoms with Gasteiger partial charge >= 0.3 is 5.97 Å². The van der Waals surface area contributed by atoms with E-state index in [4.69, 9.17) is 5.73 Å². The van der Waals surface area contributed by atoms with Crippen molar-refractivity contribution in [2.75, 3.05) is 12.8 Å². The maximum absolute atomic E-state index is 10.9. The van der Waals surface area contributed by atoms with E-state index in [-0.39, 0.29) is 18.4 Å². The summed E-state index contributed by atoms with van der Waals surface area (Å²) in [6.07, 6.45) is 0. The van der Waals surface area contributed by atoms with Crippen LogP contribution in [0.25, 0.3) is 0 Å². The Morgan fingerprint density at radius 3 is 2.50 bits per heavy atom. The summed E-state index contributed by atoms with van der Waals surface area (Å²) in [6, 6.07) is 3.29. The van der Waals surface area contributed by atoms with Crippen LogP contribution in [-0.4, -0.2) is 17.6 Å². The van der Waals surface area contributed by atoms with Crippen LogP contribution in [0.1, 0.15) is 10.5 Å². The second kappa shape index (κ2) is 4.01. The highest BCUT2D eigenvalue weighted by Crippen LogP contribution is 2.08. The molecule has 0 radical (unpaired) electrons. The molecule has 1 heterocycles. The monoisotopic (exact) mass is 190 g/mol. The Morgan fingerprint density at radius 2 is 2.17 bits per heavy atom. The zero-order valence-electron chi connectivity index (χ0n) is 6.90. The molecule has 0 atom stereocenters. The van der Waals surface area contributed by atoms with Gasteiger partial charge < -0.3 is 15.0 Å². The molecule has 4 nitrogen and oxygen atoms in total. The van der Waals surface area contributed by atoms with Gasteiger partial charge in [0.15, 0.2) is 0 Å². The second-order valence-corrected chi connectivity index (χ2v) is 2.19. The summed E-state index contributed by atoms with van der Waals surface area (Å²) in [7, 11) is 3.05. The molecule has 0 saturated carbocycles. The third-order valence-electron chi connectivity index (χ3n) is 1.56. The van der Waals surface area contributed by atoms with Crippen molar-refractivity contribution in [1.29, 1.82) is 0 Å². The first-order chi connectivity index (χ1) is 5.16. The summed E-state index contributed by atoms with van der Waals surface area (Å²) >= 11 is 0. The summed E-state index contributed by atoms with van der Waals surface area (Å²) in [6.45, 7) is 0. The van der Waals surface area contributed by atoms with Gasteiger partial charge in [0, 0.05) is 7.05 Å². The first-order valence-corrected chi connectivity index (χ1v) is 3.16. The third-order valence-corrected chi connectivity index (χ3v) is 1.56. The molecule has 1 rings (SSSR count). The van der Waals surface area contributed by atoms with Crippen molar-refractivity contribution in [2.24, 2.45) is 7.05 Å². The second-order valence-electron chi connectivity index (χ2n) is 2.19. The lowest BCUT2D eigenvalue weighted by atomic mass is 10.4. The number of nitrogens with zero attached hydrogens (tertiary/aromatic N) is 1. The number of anilines is 1. The topological polar surface area (TPSA) is 57.2 Å². The Balaban J connectivity index is 0.00000121. The molecule has 12 heavy (non-hydrogen) atoms. The number of ether oxygens (including phenoxy) is 1. The maximum atomic E-state index is 10.9. The van der Waals surface area contributed by atoms with Crippen LogP contribution in [0.15, 0.2) is 12.1 Å². The number of esters is 1. The number of aromatic nitrogens is 1. The quantitative estimate of drug-likeness (QED) is 0.667. The van der Waals surface area contributed by atoms with Gasteiger partial charge in [0.1, 0.15) is 11.5 Å². The van der Waals surface area contributed by atoms with Crippen LogP contribution in [0.2, 0.25) is 0 Å². The van der Waals surface area contributed by atoms with Gasteiger partial charge in [0.05, 0.1) is 7.11 Å². The van der Waals surface area contributed by atoms with Gasteiger partial charge in [-0.2, -0.15) is 0 Å². The van der Waals surface area contributed by atoms with E-state index >= 15 is 0 Å². The van der Waals surface area contributed by atoms with Gasteiger partial charge in [-0.3, -0.25) is 0 Å². The largest absolute Gasteiger partial charge is 0.464 e. The molecular formula is C7H11ClN2O2. The smallest absolute Gasteiger partial charge is 0.354 e. The van der Waals surface area contributed by atoms with E-state index in [2.05, 4.69) is 4.74 Å². The summed E-state index contributed by atoms with van der Waals surface area (Å²) in [5.74, 6) is 0.176. The van der Waals surface area contributed by atoms with Crippen molar-refractivity contribution >= 4 is 24.2 Å². The number of nitrogens with two attached hydrogens (primary N) is 1. The molecule has 2 N–H and O–H groups in total. The minimum absolute atomic E-state index is 0. The molecule has 5 heteroatoms. The van der Waals surface area contributed by atoms with Gasteiger partial charge in [-0.15, -0.1) is 12.4 Å². The van der Waals surface area contributed by atoms with E-state index in [1.807, 2.05) is 0 Å². The van der Waals surface area contributed by atoms with E-state index in [1.165, 1.54) is 7.11 Å². The number of carbonyl (C=O) groups is 1.